The molecule has 0 aliphatic heterocycles. The maximum Gasteiger partial charge on any atom is 0.0990 e. The van der Waals surface area contributed by atoms with Gasteiger partial charge in [-0.05, 0) is 6.42 Å². The van der Waals surface area contributed by atoms with Crippen LogP contribution in [0.2, 0.25) is 0 Å². The first-order valence-corrected chi connectivity index (χ1v) is 3.22. The van der Waals surface area contributed by atoms with Crippen molar-refractivity contribution >= 4 is 9.39 Å². The molecule has 0 heterocycles. The van der Waals surface area contributed by atoms with Gasteiger partial charge in [0.15, 0.2) is 0 Å². The molecule has 0 amide bonds. The van der Waals surface area contributed by atoms with Crippen LogP contribution < -0.4 is 5.09 Å². The summed E-state index contributed by atoms with van der Waals surface area (Å²) in [6, 6.07) is 1.94. The number of nitriles is 1. The normalized spacial score (nSPS) is 11.4. The van der Waals surface area contributed by atoms with Crippen molar-refractivity contribution in [2.75, 3.05) is 0 Å². The molecular weight excluding hydrogens is 131 g/mol. The summed E-state index contributed by atoms with van der Waals surface area (Å²) in [6.07, 6.45) is 6.36. The highest BCUT2D eigenvalue weighted by molar-refractivity contribution is 7.13. The molecule has 0 bridgehead atoms. The van der Waals surface area contributed by atoms with Crippen LogP contribution in [0.1, 0.15) is 12.8 Å². The highest BCUT2D eigenvalue weighted by atomic mass is 31.0. The minimum atomic E-state index is -0.119. The molecule has 0 aromatic rings. The highest BCUT2D eigenvalue weighted by Crippen LogP contribution is 1.95. The number of hydrogen-bond acceptors (Lipinski definition) is 2. The lowest BCUT2D eigenvalue weighted by atomic mass is 10.2. The fraction of sp³-hybridized carbons (Fsp3) is 0.500. The molecule has 0 radical (unpaired) electrons. The third-order valence-corrected chi connectivity index (χ3v) is 1.34. The number of nitrogens with zero attached hydrogens (tertiary/aromatic N) is 1. The number of nitrogens with one attached hydrogen (secondary N) is 1. The van der Waals surface area contributed by atoms with Gasteiger partial charge in [-0.2, -0.15) is 5.26 Å². The summed E-state index contributed by atoms with van der Waals surface area (Å²) in [7, 11) is 2.29. The van der Waals surface area contributed by atoms with Crippen molar-refractivity contribution in [1.82, 2.24) is 5.09 Å². The summed E-state index contributed by atoms with van der Waals surface area (Å²) in [4.78, 5) is 0. The van der Waals surface area contributed by atoms with Gasteiger partial charge < -0.3 is 0 Å². The summed E-state index contributed by atoms with van der Waals surface area (Å²) in [5.41, 5.74) is 0. The Hall–Kier alpha value is -0.560. The van der Waals surface area contributed by atoms with Crippen LogP contribution >= 0.6 is 9.39 Å². The Labute approximate surface area is 57.9 Å². The van der Waals surface area contributed by atoms with Gasteiger partial charge in [0, 0.05) is 6.42 Å². The maximum absolute atomic E-state index is 8.36. The van der Waals surface area contributed by atoms with Crippen LogP contribution in [0.5, 0.6) is 0 Å². The Balaban J connectivity index is 3.37. The minimum absolute atomic E-state index is 0.119. The smallest absolute Gasteiger partial charge is 0.0990 e. The lowest BCUT2D eigenvalue weighted by Gasteiger charge is -2.01. The Bertz CT molecular complexity index is 142. The Kier molecular flexibility index (Phi) is 5.23. The van der Waals surface area contributed by atoms with Crippen LogP contribution in [0.25, 0.3) is 0 Å². The van der Waals surface area contributed by atoms with Gasteiger partial charge in [0.05, 0.1) is 12.1 Å². The van der Waals surface area contributed by atoms with E-state index in [-0.39, 0.29) is 6.04 Å². The Morgan fingerprint density at radius 2 is 2.44 bits per heavy atom. The predicted octanol–water partition coefficient (Wildman–Crippen LogP) is 0.672. The maximum atomic E-state index is 8.36. The van der Waals surface area contributed by atoms with Gasteiger partial charge >= 0.3 is 0 Å². The molecule has 0 aliphatic rings. The summed E-state index contributed by atoms with van der Waals surface area (Å²) < 4.78 is 0. The van der Waals surface area contributed by atoms with Crippen molar-refractivity contribution in [3.8, 4) is 18.4 Å². The zero-order chi connectivity index (χ0) is 7.11. The van der Waals surface area contributed by atoms with Gasteiger partial charge in [-0.15, -0.1) is 12.3 Å². The molecule has 0 fully saturated rings. The van der Waals surface area contributed by atoms with Crippen LogP contribution in [0.4, 0.5) is 0 Å². The molecule has 0 aromatic carbocycles. The molecule has 2 unspecified atom stereocenters. The van der Waals surface area contributed by atoms with Crippen molar-refractivity contribution in [2.45, 2.75) is 18.9 Å². The summed E-state index contributed by atoms with van der Waals surface area (Å²) in [5, 5.41) is 11.1. The molecule has 0 aromatic heterocycles. The second-order valence-corrected chi connectivity index (χ2v) is 1.92. The number of terminal acetylenes is 1. The summed E-state index contributed by atoms with van der Waals surface area (Å²) >= 11 is 0. The first-order valence-electron chi connectivity index (χ1n) is 2.64. The van der Waals surface area contributed by atoms with E-state index in [0.717, 1.165) is 6.42 Å². The van der Waals surface area contributed by atoms with E-state index in [1.807, 2.05) is 0 Å². The van der Waals surface area contributed by atoms with E-state index in [1.165, 1.54) is 0 Å². The fourth-order valence-electron chi connectivity index (χ4n) is 0.413. The predicted molar refractivity (Wildman–Crippen MR) is 40.3 cm³/mol. The van der Waals surface area contributed by atoms with Crippen molar-refractivity contribution in [3.05, 3.63) is 0 Å². The first kappa shape index (κ1) is 8.44. The molecule has 0 aliphatic carbocycles. The monoisotopic (exact) mass is 140 g/mol. The molecule has 0 saturated heterocycles. The lowest BCUT2D eigenvalue weighted by molar-refractivity contribution is 0.712. The third kappa shape index (κ3) is 3.98. The molecule has 0 saturated carbocycles. The molecule has 0 rings (SSSR count). The fourth-order valence-corrected chi connectivity index (χ4v) is 0.654. The van der Waals surface area contributed by atoms with Crippen LogP contribution in [-0.2, 0) is 0 Å². The lowest BCUT2D eigenvalue weighted by Crippen LogP contribution is -2.16. The van der Waals surface area contributed by atoms with Gasteiger partial charge in [-0.25, -0.2) is 0 Å². The average Bonchev–Trinajstić information content (AvgIpc) is 1.91. The Morgan fingerprint density at radius 3 is 2.78 bits per heavy atom. The Morgan fingerprint density at radius 1 is 1.78 bits per heavy atom. The van der Waals surface area contributed by atoms with Crippen LogP contribution in [0.15, 0.2) is 0 Å². The SMILES string of the molecule is C#CCCC(C#N)NP. The average molecular weight is 140 g/mol. The van der Waals surface area contributed by atoms with Gasteiger partial charge in [0.2, 0.25) is 0 Å². The van der Waals surface area contributed by atoms with E-state index in [4.69, 9.17) is 11.7 Å². The third-order valence-electron chi connectivity index (χ3n) is 0.934. The molecule has 2 atom stereocenters. The zero-order valence-corrected chi connectivity index (χ0v) is 6.25. The summed E-state index contributed by atoms with van der Waals surface area (Å²) in [6.45, 7) is 0. The van der Waals surface area contributed by atoms with E-state index in [0.29, 0.717) is 6.42 Å². The second kappa shape index (κ2) is 5.57. The molecule has 9 heavy (non-hydrogen) atoms. The van der Waals surface area contributed by atoms with Crippen LogP contribution in [-0.4, -0.2) is 6.04 Å². The molecule has 1 N–H and O–H groups in total. The quantitative estimate of drug-likeness (QED) is 0.462. The standard InChI is InChI=1S/C6H9N2P/c1-2-3-4-6(5-7)8-9/h1,6,8H,3-4,9H2. The van der Waals surface area contributed by atoms with Crippen LogP contribution in [0, 0.1) is 23.7 Å². The molecular formula is C6H9N2P. The van der Waals surface area contributed by atoms with Gasteiger partial charge in [-0.1, -0.05) is 9.39 Å². The first-order chi connectivity index (χ1) is 4.35. The van der Waals surface area contributed by atoms with Crippen molar-refractivity contribution in [3.63, 3.8) is 0 Å². The minimum Gasteiger partial charge on any atom is -0.285 e. The topological polar surface area (TPSA) is 35.8 Å². The van der Waals surface area contributed by atoms with Crippen molar-refractivity contribution in [1.29, 1.82) is 5.26 Å². The van der Waals surface area contributed by atoms with Crippen molar-refractivity contribution < 1.29 is 0 Å². The molecule has 3 heteroatoms. The van der Waals surface area contributed by atoms with Gasteiger partial charge in [-0.3, -0.25) is 5.09 Å². The highest BCUT2D eigenvalue weighted by Gasteiger charge is 1.99. The van der Waals surface area contributed by atoms with E-state index in [2.05, 4.69) is 26.5 Å². The van der Waals surface area contributed by atoms with E-state index < -0.39 is 0 Å². The molecule has 2 nitrogen and oxygen atoms in total. The zero-order valence-electron chi connectivity index (χ0n) is 5.09. The largest absolute Gasteiger partial charge is 0.285 e. The van der Waals surface area contributed by atoms with E-state index in [1.54, 1.807) is 0 Å². The van der Waals surface area contributed by atoms with Gasteiger partial charge in [0.1, 0.15) is 0 Å². The number of rotatable bonds is 3. The summed E-state index contributed by atoms with van der Waals surface area (Å²) in [5.74, 6) is 2.47. The van der Waals surface area contributed by atoms with E-state index >= 15 is 0 Å². The van der Waals surface area contributed by atoms with E-state index in [9.17, 15) is 0 Å². The molecule has 0 spiro atoms. The number of hydrogen-bond donors (Lipinski definition) is 1. The van der Waals surface area contributed by atoms with Gasteiger partial charge in [0.25, 0.3) is 0 Å². The van der Waals surface area contributed by atoms with Crippen LogP contribution in [0.3, 0.4) is 0 Å². The second-order valence-electron chi connectivity index (χ2n) is 1.59. The molecule has 48 valence electrons. The van der Waals surface area contributed by atoms with Crippen molar-refractivity contribution in [2.24, 2.45) is 0 Å².